The van der Waals surface area contributed by atoms with E-state index in [9.17, 15) is 0 Å². The average molecular weight is 219 g/mol. The van der Waals surface area contributed by atoms with E-state index >= 15 is 0 Å². The van der Waals surface area contributed by atoms with Crippen molar-refractivity contribution in [3.05, 3.63) is 36.9 Å². The summed E-state index contributed by atoms with van der Waals surface area (Å²) >= 11 is 0. The zero-order valence-corrected chi connectivity index (χ0v) is 10.0. The smallest absolute Gasteiger partial charge is 0.103 e. The molecule has 1 aromatic carbocycles. The van der Waals surface area contributed by atoms with E-state index in [-0.39, 0.29) is 0 Å². The van der Waals surface area contributed by atoms with Gasteiger partial charge >= 0.3 is 0 Å². The van der Waals surface area contributed by atoms with Crippen LogP contribution in [-0.2, 0) is 6.54 Å². The van der Waals surface area contributed by atoms with Crippen LogP contribution in [0.3, 0.4) is 0 Å². The van der Waals surface area contributed by atoms with Crippen LogP contribution in [0.15, 0.2) is 24.3 Å². The predicted octanol–water partition coefficient (Wildman–Crippen LogP) is 0.420. The fraction of sp³-hybridized carbons (Fsp3) is 0.462. The van der Waals surface area contributed by atoms with E-state index in [2.05, 4.69) is 48.2 Å². The first kappa shape index (κ1) is 11.6. The molecule has 0 amide bonds. The average Bonchev–Trinajstić information content (AvgIpc) is 2.32. The molecule has 1 saturated heterocycles. The van der Waals surface area contributed by atoms with E-state index in [1.165, 1.54) is 37.4 Å². The van der Waals surface area contributed by atoms with Gasteiger partial charge in [0.05, 0.1) is 0 Å². The SMILES string of the molecule is [CH2-][NH2+]c1cccc(CN2CCN(C)CC2)c1. The van der Waals surface area contributed by atoms with Crippen LogP contribution in [-0.4, -0.2) is 43.0 Å². The second-order valence-corrected chi connectivity index (χ2v) is 4.53. The summed E-state index contributed by atoms with van der Waals surface area (Å²) in [6, 6.07) is 8.64. The molecule has 0 unspecified atom stereocenters. The molecule has 0 aliphatic carbocycles. The van der Waals surface area contributed by atoms with Crippen molar-refractivity contribution in [1.82, 2.24) is 9.80 Å². The normalized spacial score (nSPS) is 18.9. The number of quaternary nitrogens is 1. The van der Waals surface area contributed by atoms with Gasteiger partial charge in [-0.1, -0.05) is 12.1 Å². The Balaban J connectivity index is 1.93. The molecule has 1 aromatic rings. The van der Waals surface area contributed by atoms with Crippen LogP contribution in [0, 0.1) is 7.05 Å². The monoisotopic (exact) mass is 219 g/mol. The minimum Gasteiger partial charge on any atom is -0.446 e. The Hall–Kier alpha value is -0.900. The van der Waals surface area contributed by atoms with E-state index < -0.39 is 0 Å². The first-order valence-corrected chi connectivity index (χ1v) is 5.90. The van der Waals surface area contributed by atoms with Gasteiger partial charge in [0.2, 0.25) is 0 Å². The highest BCUT2D eigenvalue weighted by atomic mass is 15.2. The lowest BCUT2D eigenvalue weighted by Gasteiger charge is -2.32. The molecule has 3 heteroatoms. The molecule has 2 N–H and O–H groups in total. The third-order valence-corrected chi connectivity index (χ3v) is 3.19. The second-order valence-electron chi connectivity index (χ2n) is 4.53. The molecule has 0 saturated carbocycles. The van der Waals surface area contributed by atoms with Crippen molar-refractivity contribution in [2.75, 3.05) is 33.2 Å². The highest BCUT2D eigenvalue weighted by Crippen LogP contribution is 2.10. The van der Waals surface area contributed by atoms with Crippen molar-refractivity contribution < 1.29 is 5.32 Å². The molecular weight excluding hydrogens is 198 g/mol. The third-order valence-electron chi connectivity index (χ3n) is 3.19. The van der Waals surface area contributed by atoms with E-state index in [1.807, 2.05) is 5.32 Å². The Morgan fingerprint density at radius 3 is 2.69 bits per heavy atom. The van der Waals surface area contributed by atoms with Crippen molar-refractivity contribution in [2.24, 2.45) is 0 Å². The first-order valence-electron chi connectivity index (χ1n) is 5.90. The number of hydrogen-bond acceptors (Lipinski definition) is 2. The van der Waals surface area contributed by atoms with Crippen LogP contribution in [0.25, 0.3) is 0 Å². The lowest BCUT2D eigenvalue weighted by molar-refractivity contribution is -0.504. The molecule has 0 atom stereocenters. The summed E-state index contributed by atoms with van der Waals surface area (Å²) in [4.78, 5) is 4.90. The van der Waals surface area contributed by atoms with Gasteiger partial charge in [0.25, 0.3) is 0 Å². The number of benzene rings is 1. The van der Waals surface area contributed by atoms with Crippen LogP contribution in [0.4, 0.5) is 5.69 Å². The molecule has 88 valence electrons. The molecule has 2 rings (SSSR count). The van der Waals surface area contributed by atoms with Gasteiger partial charge in [0.15, 0.2) is 0 Å². The Kier molecular flexibility index (Phi) is 3.93. The molecule has 3 nitrogen and oxygen atoms in total. The lowest BCUT2D eigenvalue weighted by Crippen LogP contribution is -2.69. The summed E-state index contributed by atoms with van der Waals surface area (Å²) in [6.07, 6.45) is 0. The van der Waals surface area contributed by atoms with E-state index in [1.54, 1.807) is 0 Å². The summed E-state index contributed by atoms with van der Waals surface area (Å²) in [5.41, 5.74) is 2.61. The van der Waals surface area contributed by atoms with Gasteiger partial charge in [-0.15, -0.1) is 7.05 Å². The minimum atomic E-state index is 1.06. The zero-order chi connectivity index (χ0) is 11.4. The van der Waals surface area contributed by atoms with Crippen molar-refractivity contribution in [1.29, 1.82) is 0 Å². The maximum absolute atomic E-state index is 3.81. The summed E-state index contributed by atoms with van der Waals surface area (Å²) in [5.74, 6) is 0. The summed E-state index contributed by atoms with van der Waals surface area (Å²) in [5, 5.41) is 1.91. The second kappa shape index (κ2) is 5.43. The van der Waals surface area contributed by atoms with Gasteiger partial charge in [0.1, 0.15) is 5.69 Å². The van der Waals surface area contributed by atoms with Crippen LogP contribution in [0.2, 0.25) is 0 Å². The molecule has 16 heavy (non-hydrogen) atoms. The van der Waals surface area contributed by atoms with E-state index in [0.29, 0.717) is 0 Å². The molecule has 0 radical (unpaired) electrons. The van der Waals surface area contributed by atoms with Gasteiger partial charge < -0.3 is 10.2 Å². The Morgan fingerprint density at radius 2 is 2.00 bits per heavy atom. The molecule has 1 aliphatic rings. The fourth-order valence-electron chi connectivity index (χ4n) is 2.08. The fourth-order valence-corrected chi connectivity index (χ4v) is 2.08. The number of rotatable bonds is 3. The van der Waals surface area contributed by atoms with E-state index in [4.69, 9.17) is 0 Å². The van der Waals surface area contributed by atoms with Crippen molar-refractivity contribution in [2.45, 2.75) is 6.54 Å². The Bertz CT molecular complexity index is 330. The minimum absolute atomic E-state index is 1.06. The number of likely N-dealkylation sites (N-methyl/N-ethyl adjacent to an activating group) is 1. The van der Waals surface area contributed by atoms with Gasteiger partial charge in [-0.3, -0.25) is 4.90 Å². The molecule has 0 aromatic heterocycles. The number of piperazine rings is 1. The number of nitrogens with zero attached hydrogens (tertiary/aromatic N) is 2. The molecule has 1 aliphatic heterocycles. The standard InChI is InChI=1S/C13H21N3/c1-14-13-5-3-4-12(10-13)11-16-8-6-15(2)7-9-16/h3-5,10H,1,6-9,11,14H2,2H3. The van der Waals surface area contributed by atoms with Gasteiger partial charge in [-0.2, -0.15) is 0 Å². The molecular formula is C13H21N3. The van der Waals surface area contributed by atoms with Gasteiger partial charge in [0, 0.05) is 38.8 Å². The maximum atomic E-state index is 3.81. The highest BCUT2D eigenvalue weighted by Gasteiger charge is 2.13. The Labute approximate surface area is 98.0 Å². The van der Waals surface area contributed by atoms with Crippen molar-refractivity contribution >= 4 is 5.69 Å². The molecule has 0 spiro atoms. The van der Waals surface area contributed by atoms with Crippen LogP contribution in [0.1, 0.15) is 5.56 Å². The van der Waals surface area contributed by atoms with E-state index in [0.717, 1.165) is 6.54 Å². The third kappa shape index (κ3) is 3.04. The van der Waals surface area contributed by atoms with Crippen molar-refractivity contribution in [3.8, 4) is 0 Å². The summed E-state index contributed by atoms with van der Waals surface area (Å²) < 4.78 is 0. The number of hydrogen-bond donors (Lipinski definition) is 1. The van der Waals surface area contributed by atoms with Crippen LogP contribution >= 0.6 is 0 Å². The first-order chi connectivity index (χ1) is 7.78. The number of nitrogens with two attached hydrogens (primary N) is 1. The topological polar surface area (TPSA) is 23.1 Å². The molecule has 0 bridgehead atoms. The lowest BCUT2D eigenvalue weighted by atomic mass is 10.1. The largest absolute Gasteiger partial charge is 0.446 e. The van der Waals surface area contributed by atoms with Crippen LogP contribution in [0.5, 0.6) is 0 Å². The molecule has 1 heterocycles. The van der Waals surface area contributed by atoms with Gasteiger partial charge in [-0.25, -0.2) is 0 Å². The van der Waals surface area contributed by atoms with Crippen molar-refractivity contribution in [3.63, 3.8) is 0 Å². The highest BCUT2D eigenvalue weighted by molar-refractivity contribution is 5.33. The van der Waals surface area contributed by atoms with Crippen LogP contribution < -0.4 is 5.32 Å². The predicted molar refractivity (Wildman–Crippen MR) is 66.2 cm³/mol. The maximum Gasteiger partial charge on any atom is 0.103 e. The molecule has 1 fully saturated rings. The Morgan fingerprint density at radius 1 is 1.25 bits per heavy atom. The summed E-state index contributed by atoms with van der Waals surface area (Å²) in [7, 11) is 6.00. The zero-order valence-electron chi connectivity index (χ0n) is 10.0. The van der Waals surface area contributed by atoms with Gasteiger partial charge in [-0.05, 0) is 18.7 Å². The quantitative estimate of drug-likeness (QED) is 0.588. The summed E-state index contributed by atoms with van der Waals surface area (Å²) in [6.45, 7) is 5.78.